The Kier molecular flexibility index (Phi) is 5.90. The molecule has 3 aromatic rings. The summed E-state index contributed by atoms with van der Waals surface area (Å²) in [5, 5.41) is 3.36. The summed E-state index contributed by atoms with van der Waals surface area (Å²) in [6, 6.07) is 19.4. The third-order valence-electron chi connectivity index (χ3n) is 5.23. The second-order valence-corrected chi connectivity index (χ2v) is 7.31. The number of para-hydroxylation sites is 1. The number of pyridine rings is 1. The molecular weight excluding hydrogens is 389 g/mol. The van der Waals surface area contributed by atoms with E-state index in [2.05, 4.69) is 21.3 Å². The van der Waals surface area contributed by atoms with Crippen LogP contribution in [0.15, 0.2) is 72.9 Å². The smallest absolute Gasteiger partial charge is 0.369 e. The van der Waals surface area contributed by atoms with Crippen LogP contribution in [-0.4, -0.2) is 36.1 Å². The average molecular weight is 412 g/mol. The van der Waals surface area contributed by atoms with Crippen molar-refractivity contribution in [3.05, 3.63) is 84.1 Å². The lowest BCUT2D eigenvalue weighted by Crippen LogP contribution is -2.46. The zero-order valence-electron chi connectivity index (χ0n) is 16.4. The highest BCUT2D eigenvalue weighted by Gasteiger charge is 2.31. The van der Waals surface area contributed by atoms with Gasteiger partial charge < -0.3 is 10.2 Å². The summed E-state index contributed by atoms with van der Waals surface area (Å²) in [4.78, 5) is 8.79. The molecule has 1 fully saturated rings. The van der Waals surface area contributed by atoms with E-state index in [-0.39, 0.29) is 0 Å². The van der Waals surface area contributed by atoms with E-state index >= 15 is 0 Å². The third kappa shape index (κ3) is 4.91. The lowest BCUT2D eigenvalue weighted by Gasteiger charge is -2.36. The van der Waals surface area contributed by atoms with Gasteiger partial charge in [-0.15, -0.1) is 0 Å². The van der Waals surface area contributed by atoms with E-state index in [0.29, 0.717) is 18.8 Å². The lowest BCUT2D eigenvalue weighted by molar-refractivity contribution is -0.137. The second-order valence-electron chi connectivity index (χ2n) is 7.31. The number of benzene rings is 2. The van der Waals surface area contributed by atoms with E-state index in [0.717, 1.165) is 42.8 Å². The van der Waals surface area contributed by atoms with Crippen molar-refractivity contribution in [2.75, 3.05) is 36.4 Å². The first-order valence-electron chi connectivity index (χ1n) is 9.89. The van der Waals surface area contributed by atoms with Crippen molar-refractivity contribution in [3.63, 3.8) is 0 Å². The van der Waals surface area contributed by atoms with Crippen molar-refractivity contribution in [2.45, 2.75) is 12.7 Å². The molecule has 2 heterocycles. The minimum atomic E-state index is -4.32. The molecule has 4 nitrogen and oxygen atoms in total. The molecule has 1 N–H and O–H groups in total. The summed E-state index contributed by atoms with van der Waals surface area (Å²) in [7, 11) is 0. The Morgan fingerprint density at radius 1 is 0.867 bits per heavy atom. The van der Waals surface area contributed by atoms with Gasteiger partial charge in [0.1, 0.15) is 5.82 Å². The zero-order valence-corrected chi connectivity index (χ0v) is 16.4. The third-order valence-corrected chi connectivity index (χ3v) is 5.23. The molecule has 0 radical (unpaired) electrons. The Bertz CT molecular complexity index is 967. The number of piperazine rings is 1. The second kappa shape index (κ2) is 8.75. The summed E-state index contributed by atoms with van der Waals surface area (Å²) in [5.74, 6) is 0.823. The number of nitrogens with zero attached hydrogens (tertiary/aromatic N) is 3. The predicted octanol–water partition coefficient (Wildman–Crippen LogP) is 5.17. The molecule has 156 valence electrons. The van der Waals surface area contributed by atoms with Gasteiger partial charge in [-0.2, -0.15) is 13.2 Å². The Morgan fingerprint density at radius 3 is 2.37 bits per heavy atom. The van der Waals surface area contributed by atoms with Crippen LogP contribution in [0, 0.1) is 0 Å². The van der Waals surface area contributed by atoms with Crippen molar-refractivity contribution in [3.8, 4) is 0 Å². The van der Waals surface area contributed by atoms with Crippen LogP contribution >= 0.6 is 0 Å². The summed E-state index contributed by atoms with van der Waals surface area (Å²) in [6.45, 7) is 3.65. The number of halogens is 3. The van der Waals surface area contributed by atoms with E-state index in [9.17, 15) is 13.2 Å². The van der Waals surface area contributed by atoms with Crippen LogP contribution in [-0.2, 0) is 12.7 Å². The van der Waals surface area contributed by atoms with Crippen molar-refractivity contribution in [2.24, 2.45) is 0 Å². The van der Waals surface area contributed by atoms with Gasteiger partial charge in [-0.1, -0.05) is 30.3 Å². The van der Waals surface area contributed by atoms with Crippen LogP contribution in [0.3, 0.4) is 0 Å². The molecule has 0 amide bonds. The Morgan fingerprint density at radius 2 is 1.63 bits per heavy atom. The first kappa shape index (κ1) is 20.2. The first-order chi connectivity index (χ1) is 14.5. The minimum Gasteiger partial charge on any atom is -0.369 e. The molecule has 1 saturated heterocycles. The van der Waals surface area contributed by atoms with Gasteiger partial charge in [0.05, 0.1) is 5.56 Å². The van der Waals surface area contributed by atoms with E-state index < -0.39 is 11.7 Å². The summed E-state index contributed by atoms with van der Waals surface area (Å²) < 4.78 is 39.0. The monoisotopic (exact) mass is 412 g/mol. The topological polar surface area (TPSA) is 31.4 Å². The fourth-order valence-electron chi connectivity index (χ4n) is 3.62. The maximum Gasteiger partial charge on any atom is 0.416 e. The lowest BCUT2D eigenvalue weighted by atomic mass is 10.1. The molecular formula is C23H23F3N4. The zero-order chi connectivity index (χ0) is 21.0. The molecule has 2 aromatic carbocycles. The highest BCUT2D eigenvalue weighted by atomic mass is 19.4. The maximum atomic E-state index is 13.0. The average Bonchev–Trinajstić information content (AvgIpc) is 2.76. The van der Waals surface area contributed by atoms with Gasteiger partial charge >= 0.3 is 6.18 Å². The van der Waals surface area contributed by atoms with Crippen LogP contribution in [0.25, 0.3) is 0 Å². The number of hydrogen-bond donors (Lipinski definition) is 1. The Hall–Kier alpha value is -3.06. The normalized spacial score (nSPS) is 15.2. The van der Waals surface area contributed by atoms with Gasteiger partial charge in [0.25, 0.3) is 0 Å². The molecule has 1 aliphatic rings. The van der Waals surface area contributed by atoms with E-state index in [4.69, 9.17) is 0 Å². The van der Waals surface area contributed by atoms with E-state index in [1.54, 1.807) is 12.3 Å². The van der Waals surface area contributed by atoms with E-state index in [1.807, 2.05) is 41.3 Å². The quantitative estimate of drug-likeness (QED) is 0.627. The van der Waals surface area contributed by atoms with Crippen molar-refractivity contribution in [1.29, 1.82) is 0 Å². The Balaban J connectivity index is 1.39. The highest BCUT2D eigenvalue weighted by molar-refractivity contribution is 5.59. The predicted molar refractivity (Wildman–Crippen MR) is 113 cm³/mol. The number of anilines is 3. The van der Waals surface area contributed by atoms with Crippen molar-refractivity contribution in [1.82, 2.24) is 9.88 Å². The fourth-order valence-corrected chi connectivity index (χ4v) is 3.62. The molecule has 0 atom stereocenters. The van der Waals surface area contributed by atoms with Gasteiger partial charge in [0.2, 0.25) is 0 Å². The molecule has 0 aliphatic carbocycles. The Labute approximate surface area is 174 Å². The summed E-state index contributed by atoms with van der Waals surface area (Å²) >= 11 is 0. The molecule has 0 saturated carbocycles. The standard InChI is InChI=1S/C23H23F3N4/c24-23(25,26)19-7-4-10-21(16-19)30-14-12-29(13-15-30)17-18-6-5-11-27-22(18)28-20-8-2-1-3-9-20/h1-11,16H,12-15,17H2,(H,27,28). The number of hydrogen-bond acceptors (Lipinski definition) is 4. The largest absolute Gasteiger partial charge is 0.416 e. The van der Waals surface area contributed by atoms with Gasteiger partial charge in [-0.05, 0) is 36.4 Å². The summed E-state index contributed by atoms with van der Waals surface area (Å²) in [5.41, 5.74) is 2.09. The van der Waals surface area contributed by atoms with Gasteiger partial charge in [0, 0.05) is 55.9 Å². The molecule has 7 heteroatoms. The van der Waals surface area contributed by atoms with Crippen LogP contribution in [0.2, 0.25) is 0 Å². The van der Waals surface area contributed by atoms with Gasteiger partial charge in [-0.3, -0.25) is 4.90 Å². The van der Waals surface area contributed by atoms with Crippen molar-refractivity contribution < 1.29 is 13.2 Å². The van der Waals surface area contributed by atoms with Crippen LogP contribution < -0.4 is 10.2 Å². The molecule has 1 aromatic heterocycles. The molecule has 4 rings (SSSR count). The van der Waals surface area contributed by atoms with Crippen molar-refractivity contribution >= 4 is 17.2 Å². The SMILES string of the molecule is FC(F)(F)c1cccc(N2CCN(Cc3cccnc3Nc3ccccc3)CC2)c1. The van der Waals surface area contributed by atoms with Gasteiger partial charge in [0.15, 0.2) is 0 Å². The fraction of sp³-hybridized carbons (Fsp3) is 0.261. The summed E-state index contributed by atoms with van der Waals surface area (Å²) in [6.07, 6.45) is -2.55. The maximum absolute atomic E-state index is 13.0. The molecule has 30 heavy (non-hydrogen) atoms. The molecule has 0 spiro atoms. The van der Waals surface area contributed by atoms with Crippen LogP contribution in [0.1, 0.15) is 11.1 Å². The van der Waals surface area contributed by atoms with E-state index in [1.165, 1.54) is 12.1 Å². The number of rotatable bonds is 5. The number of nitrogens with one attached hydrogen (secondary N) is 1. The molecule has 0 unspecified atom stereocenters. The molecule has 0 bridgehead atoms. The number of alkyl halides is 3. The van der Waals surface area contributed by atoms with Crippen LogP contribution in [0.4, 0.5) is 30.4 Å². The first-order valence-corrected chi connectivity index (χ1v) is 9.89. The van der Waals surface area contributed by atoms with Gasteiger partial charge in [-0.25, -0.2) is 4.98 Å². The highest BCUT2D eigenvalue weighted by Crippen LogP contribution is 2.32. The number of aromatic nitrogens is 1. The minimum absolute atomic E-state index is 0.602. The van der Waals surface area contributed by atoms with Crippen LogP contribution in [0.5, 0.6) is 0 Å². The molecule has 1 aliphatic heterocycles.